The molecule has 1 aliphatic heterocycles. The summed E-state index contributed by atoms with van der Waals surface area (Å²) in [4.78, 5) is 27.1. The van der Waals surface area contributed by atoms with Gasteiger partial charge in [0.15, 0.2) is 0 Å². The van der Waals surface area contributed by atoms with Gasteiger partial charge in [-0.05, 0) is 57.9 Å². The van der Waals surface area contributed by atoms with E-state index in [0.717, 1.165) is 59.7 Å². The molecule has 1 aliphatic carbocycles. The van der Waals surface area contributed by atoms with Gasteiger partial charge in [0, 0.05) is 49.7 Å². The Labute approximate surface area is 288 Å². The van der Waals surface area contributed by atoms with Crippen LogP contribution in [0.25, 0.3) is 16.8 Å². The fourth-order valence-electron chi connectivity index (χ4n) is 5.46. The summed E-state index contributed by atoms with van der Waals surface area (Å²) in [7, 11) is 0. The first-order valence-electron chi connectivity index (χ1n) is 17.6. The van der Waals surface area contributed by atoms with Crippen LogP contribution in [0.4, 0.5) is 0 Å². The van der Waals surface area contributed by atoms with Gasteiger partial charge >= 0.3 is 0 Å². The number of carbonyl (C=O) groups is 2. The Balaban J connectivity index is 0.00000307. The molecule has 0 unspecified atom stereocenters. The standard InChI is InChI=1S/C37H53N5O4.C2H6/c1-9-35(3,4)26-46-37(7,8)21-24-45-36(5,6)20-23-42-34-30-17-11-10-12-18-31(30)41(32(44)19-22-38-27(2)43)25-28-15-13-14-16-29(28)33(34)39-40-42;1-2/h10-17H,9,18-26H2,1-8H3,(H,38,43);1-2H3. The molecule has 1 aromatic carbocycles. The molecule has 0 atom stereocenters. The number of benzene rings is 1. The lowest BCUT2D eigenvalue weighted by atomic mass is 9.91. The second-order valence-electron chi connectivity index (χ2n) is 14.4. The number of aryl methyl sites for hydroxylation is 1. The Hall–Kier alpha value is -3.56. The van der Waals surface area contributed by atoms with Crippen LogP contribution in [0.1, 0.15) is 113 Å². The molecular formula is C39H59N5O4. The van der Waals surface area contributed by atoms with Gasteiger partial charge in [0.2, 0.25) is 11.8 Å². The molecule has 2 amide bonds. The number of hydrogen-bond acceptors (Lipinski definition) is 6. The zero-order chi connectivity index (χ0) is 35.5. The molecule has 0 saturated carbocycles. The number of allylic oxidation sites excluding steroid dienone is 5. The summed E-state index contributed by atoms with van der Waals surface area (Å²) >= 11 is 0. The van der Waals surface area contributed by atoms with Gasteiger partial charge in [-0.2, -0.15) is 0 Å². The highest BCUT2D eigenvalue weighted by Gasteiger charge is 2.31. The van der Waals surface area contributed by atoms with Crippen molar-refractivity contribution in [3.8, 4) is 11.3 Å². The van der Waals surface area contributed by atoms with Gasteiger partial charge in [-0.25, -0.2) is 4.68 Å². The fourth-order valence-corrected chi connectivity index (χ4v) is 5.46. The van der Waals surface area contributed by atoms with Crippen LogP contribution in [0.5, 0.6) is 0 Å². The monoisotopic (exact) mass is 661 g/mol. The van der Waals surface area contributed by atoms with E-state index in [1.54, 1.807) is 0 Å². The number of nitrogens with one attached hydrogen (secondary N) is 1. The van der Waals surface area contributed by atoms with Crippen LogP contribution in [0.3, 0.4) is 0 Å². The lowest BCUT2D eigenvalue weighted by molar-refractivity contribution is -0.129. The summed E-state index contributed by atoms with van der Waals surface area (Å²) in [5.41, 5.74) is 4.99. The van der Waals surface area contributed by atoms with Crippen LogP contribution in [0.2, 0.25) is 0 Å². The molecule has 9 nitrogen and oxygen atoms in total. The van der Waals surface area contributed by atoms with E-state index in [9.17, 15) is 9.59 Å². The minimum Gasteiger partial charge on any atom is -0.375 e. The van der Waals surface area contributed by atoms with Crippen LogP contribution < -0.4 is 5.32 Å². The van der Waals surface area contributed by atoms with E-state index >= 15 is 0 Å². The molecule has 2 aromatic rings. The van der Waals surface area contributed by atoms with Crippen LogP contribution in [0.15, 0.2) is 54.3 Å². The molecule has 0 fully saturated rings. The van der Waals surface area contributed by atoms with E-state index < -0.39 is 5.60 Å². The van der Waals surface area contributed by atoms with Gasteiger partial charge < -0.3 is 19.7 Å². The average molecular weight is 662 g/mol. The summed E-state index contributed by atoms with van der Waals surface area (Å²) in [6.07, 6.45) is 11.5. The van der Waals surface area contributed by atoms with Gasteiger partial charge in [-0.15, -0.1) is 5.10 Å². The lowest BCUT2D eigenvalue weighted by Gasteiger charge is -2.33. The molecular weight excluding hydrogens is 602 g/mol. The van der Waals surface area contributed by atoms with Gasteiger partial charge in [-0.3, -0.25) is 9.59 Å². The number of carbonyl (C=O) groups excluding carboxylic acids is 2. The average Bonchev–Trinajstić information content (AvgIpc) is 3.31. The number of aromatic nitrogens is 3. The third kappa shape index (κ3) is 10.7. The van der Waals surface area contributed by atoms with Gasteiger partial charge in [-0.1, -0.05) is 88.4 Å². The SMILES string of the molecule is CC.CCC(C)(C)COC(C)(C)CCOC(C)(C)CCn1nnc2c1C1=C(CC=CC=C1)N(C(=O)CCNC(C)=O)Cc1ccccc1-2. The highest BCUT2D eigenvalue weighted by atomic mass is 16.5. The zero-order valence-corrected chi connectivity index (χ0v) is 31.1. The molecule has 1 aromatic heterocycles. The largest absolute Gasteiger partial charge is 0.375 e. The number of fused-ring (bicyclic) bond motifs is 4. The Morgan fingerprint density at radius 1 is 0.979 bits per heavy atom. The Kier molecular flexibility index (Phi) is 13.9. The molecule has 9 heteroatoms. The summed E-state index contributed by atoms with van der Waals surface area (Å²) < 4.78 is 14.7. The number of nitrogens with zero attached hydrogens (tertiary/aromatic N) is 4. The first kappa shape index (κ1) is 38.9. The van der Waals surface area contributed by atoms with E-state index in [0.29, 0.717) is 32.7 Å². The van der Waals surface area contributed by atoms with Gasteiger partial charge in [0.25, 0.3) is 0 Å². The van der Waals surface area contributed by atoms with Crippen molar-refractivity contribution < 1.29 is 19.1 Å². The van der Waals surface area contributed by atoms with Crippen molar-refractivity contribution in [1.29, 1.82) is 0 Å². The summed E-state index contributed by atoms with van der Waals surface area (Å²) in [5, 5.41) is 12.2. The topological polar surface area (TPSA) is 98.6 Å². The third-order valence-corrected chi connectivity index (χ3v) is 9.00. The molecule has 264 valence electrons. The quantitative estimate of drug-likeness (QED) is 0.221. The molecule has 0 bridgehead atoms. The number of ether oxygens (including phenoxy) is 2. The van der Waals surface area contributed by atoms with Crippen molar-refractivity contribution in [2.24, 2.45) is 5.41 Å². The number of hydrogen-bond donors (Lipinski definition) is 1. The van der Waals surface area contributed by atoms with Crippen molar-refractivity contribution in [3.63, 3.8) is 0 Å². The highest BCUT2D eigenvalue weighted by molar-refractivity contribution is 5.89. The van der Waals surface area contributed by atoms with E-state index in [4.69, 9.17) is 14.6 Å². The predicted octanol–water partition coefficient (Wildman–Crippen LogP) is 7.87. The summed E-state index contributed by atoms with van der Waals surface area (Å²) in [5.74, 6) is -0.187. The van der Waals surface area contributed by atoms with E-state index in [2.05, 4.69) is 77.2 Å². The van der Waals surface area contributed by atoms with E-state index in [1.807, 2.05) is 53.8 Å². The Morgan fingerprint density at radius 3 is 2.40 bits per heavy atom. The van der Waals surface area contributed by atoms with Crippen molar-refractivity contribution >= 4 is 17.4 Å². The normalized spacial score (nSPS) is 14.6. The summed E-state index contributed by atoms with van der Waals surface area (Å²) in [6.45, 7) is 23.2. The predicted molar refractivity (Wildman–Crippen MR) is 194 cm³/mol. The third-order valence-electron chi connectivity index (χ3n) is 9.00. The Morgan fingerprint density at radius 2 is 1.69 bits per heavy atom. The van der Waals surface area contributed by atoms with Gasteiger partial charge in [0.1, 0.15) is 5.69 Å². The molecule has 0 spiro atoms. The van der Waals surface area contributed by atoms with E-state index in [1.165, 1.54) is 6.92 Å². The fraction of sp³-hybridized carbons (Fsp3) is 0.590. The molecule has 1 N–H and O–H groups in total. The maximum Gasteiger partial charge on any atom is 0.228 e. The summed E-state index contributed by atoms with van der Waals surface area (Å²) in [6, 6.07) is 8.09. The highest BCUT2D eigenvalue weighted by Crippen LogP contribution is 2.39. The first-order chi connectivity index (χ1) is 22.7. The number of rotatable bonds is 14. The molecule has 4 rings (SSSR count). The van der Waals surface area contributed by atoms with Crippen molar-refractivity contribution in [1.82, 2.24) is 25.2 Å². The molecule has 48 heavy (non-hydrogen) atoms. The minimum absolute atomic E-state index is 0.0399. The maximum atomic E-state index is 13.7. The number of amides is 2. The van der Waals surface area contributed by atoms with Crippen LogP contribution >= 0.6 is 0 Å². The van der Waals surface area contributed by atoms with Crippen LogP contribution in [-0.2, 0) is 32.2 Å². The van der Waals surface area contributed by atoms with Crippen molar-refractivity contribution in [3.05, 3.63) is 65.5 Å². The van der Waals surface area contributed by atoms with E-state index in [-0.39, 0.29) is 29.3 Å². The maximum absolute atomic E-state index is 13.7. The van der Waals surface area contributed by atoms with Crippen molar-refractivity contribution in [2.75, 3.05) is 19.8 Å². The smallest absolute Gasteiger partial charge is 0.228 e. The second kappa shape index (κ2) is 17.2. The van der Waals surface area contributed by atoms with Gasteiger partial charge in [0.05, 0.1) is 36.7 Å². The lowest BCUT2D eigenvalue weighted by Crippen LogP contribution is -2.35. The Bertz CT molecular complexity index is 1480. The molecule has 0 radical (unpaired) electrons. The molecule has 2 heterocycles. The first-order valence-corrected chi connectivity index (χ1v) is 17.6. The second-order valence-corrected chi connectivity index (χ2v) is 14.4. The van der Waals surface area contributed by atoms with Crippen LogP contribution in [-0.4, -0.2) is 62.7 Å². The minimum atomic E-state index is -0.402. The zero-order valence-electron chi connectivity index (χ0n) is 31.1. The van der Waals surface area contributed by atoms with Crippen LogP contribution in [0, 0.1) is 5.41 Å². The molecule has 2 aliphatic rings. The molecule has 0 saturated heterocycles. The van der Waals surface area contributed by atoms with Crippen molar-refractivity contribution in [2.45, 2.75) is 126 Å².